The maximum absolute atomic E-state index is 13.6. The maximum Gasteiger partial charge on any atom is 0.149 e. The summed E-state index contributed by atoms with van der Waals surface area (Å²) in [7, 11) is 1.54. The summed E-state index contributed by atoms with van der Waals surface area (Å²) in [5.74, 6) is -0.663. The van der Waals surface area contributed by atoms with Gasteiger partial charge < -0.3 is 10.1 Å². The third kappa shape index (κ3) is 3.41. The second kappa shape index (κ2) is 6.41. The lowest BCUT2D eigenvalue weighted by Gasteiger charge is -2.12. The predicted molar refractivity (Wildman–Crippen MR) is 79.4 cm³/mol. The van der Waals surface area contributed by atoms with Crippen molar-refractivity contribution in [3.05, 3.63) is 57.0 Å². The van der Waals surface area contributed by atoms with E-state index >= 15 is 0 Å². The van der Waals surface area contributed by atoms with Gasteiger partial charge in [0.1, 0.15) is 17.4 Å². The van der Waals surface area contributed by atoms with Gasteiger partial charge in [0.15, 0.2) is 0 Å². The van der Waals surface area contributed by atoms with E-state index in [2.05, 4.69) is 21.2 Å². The molecule has 0 aromatic heterocycles. The van der Waals surface area contributed by atoms with Gasteiger partial charge in [-0.3, -0.25) is 0 Å². The first-order valence-electron chi connectivity index (χ1n) is 5.72. The van der Waals surface area contributed by atoms with Crippen molar-refractivity contribution in [3.8, 4) is 5.75 Å². The van der Waals surface area contributed by atoms with Gasteiger partial charge in [-0.2, -0.15) is 0 Å². The number of nitrogens with one attached hydrogen (secondary N) is 1. The Labute approximate surface area is 128 Å². The highest BCUT2D eigenvalue weighted by Crippen LogP contribution is 2.26. The minimum absolute atomic E-state index is 0.194. The van der Waals surface area contributed by atoms with Crippen LogP contribution in [-0.2, 0) is 6.54 Å². The monoisotopic (exact) mass is 361 g/mol. The van der Waals surface area contributed by atoms with E-state index in [1.165, 1.54) is 6.07 Å². The Morgan fingerprint density at radius 3 is 2.65 bits per heavy atom. The fourth-order valence-electron chi connectivity index (χ4n) is 1.73. The summed E-state index contributed by atoms with van der Waals surface area (Å²) in [6.45, 7) is 0.304. The van der Waals surface area contributed by atoms with Crippen LogP contribution < -0.4 is 10.1 Å². The second-order valence-corrected chi connectivity index (χ2v) is 5.35. The van der Waals surface area contributed by atoms with E-state index in [0.717, 1.165) is 11.6 Å². The molecule has 20 heavy (non-hydrogen) atoms. The van der Waals surface area contributed by atoms with Gasteiger partial charge in [-0.25, -0.2) is 8.78 Å². The number of hydrogen-bond acceptors (Lipinski definition) is 2. The zero-order valence-electron chi connectivity index (χ0n) is 10.5. The van der Waals surface area contributed by atoms with Crippen molar-refractivity contribution < 1.29 is 13.5 Å². The Morgan fingerprint density at radius 1 is 1.20 bits per heavy atom. The van der Waals surface area contributed by atoms with E-state index in [4.69, 9.17) is 16.3 Å². The van der Waals surface area contributed by atoms with Crippen LogP contribution in [0.1, 0.15) is 5.56 Å². The van der Waals surface area contributed by atoms with Crippen LogP contribution in [-0.4, -0.2) is 7.11 Å². The predicted octanol–water partition coefficient (Wildman–Crippen LogP) is 5.00. The lowest BCUT2D eigenvalue weighted by molar-refractivity contribution is 0.410. The number of ether oxygens (including phenoxy) is 1. The van der Waals surface area contributed by atoms with Crippen molar-refractivity contribution in [1.82, 2.24) is 0 Å². The molecule has 0 saturated carbocycles. The minimum atomic E-state index is -0.660. The third-order valence-electron chi connectivity index (χ3n) is 2.72. The van der Waals surface area contributed by atoms with E-state index in [1.54, 1.807) is 25.3 Å². The molecule has 2 nitrogen and oxygen atoms in total. The fraction of sp³-hybridized carbons (Fsp3) is 0.143. The number of benzene rings is 2. The topological polar surface area (TPSA) is 21.3 Å². The highest BCUT2D eigenvalue weighted by molar-refractivity contribution is 9.10. The van der Waals surface area contributed by atoms with Crippen molar-refractivity contribution in [3.63, 3.8) is 0 Å². The summed E-state index contributed by atoms with van der Waals surface area (Å²) < 4.78 is 32.2. The Kier molecular flexibility index (Phi) is 4.83. The van der Waals surface area contributed by atoms with Crippen molar-refractivity contribution in [1.29, 1.82) is 0 Å². The molecule has 0 aliphatic rings. The van der Waals surface area contributed by atoms with Gasteiger partial charge in [-0.1, -0.05) is 11.6 Å². The smallest absolute Gasteiger partial charge is 0.149 e. The van der Waals surface area contributed by atoms with Crippen LogP contribution in [0.15, 0.2) is 34.8 Å². The Hall–Kier alpha value is -1.33. The molecule has 0 aliphatic carbocycles. The van der Waals surface area contributed by atoms with Gasteiger partial charge in [0, 0.05) is 23.2 Å². The normalized spacial score (nSPS) is 10.4. The van der Waals surface area contributed by atoms with Crippen molar-refractivity contribution in [2.75, 3.05) is 12.4 Å². The molecule has 0 radical (unpaired) electrons. The quantitative estimate of drug-likeness (QED) is 0.773. The Morgan fingerprint density at radius 2 is 1.95 bits per heavy atom. The molecule has 0 amide bonds. The number of methoxy groups -OCH3 is 1. The fourth-order valence-corrected chi connectivity index (χ4v) is 2.27. The molecule has 2 aromatic carbocycles. The van der Waals surface area contributed by atoms with Gasteiger partial charge >= 0.3 is 0 Å². The zero-order chi connectivity index (χ0) is 14.7. The van der Waals surface area contributed by atoms with Crippen molar-refractivity contribution in [2.45, 2.75) is 6.54 Å². The minimum Gasteiger partial charge on any atom is -0.496 e. The summed E-state index contributed by atoms with van der Waals surface area (Å²) in [5, 5.41) is 3.45. The molecule has 0 heterocycles. The number of rotatable bonds is 4. The third-order valence-corrected chi connectivity index (χ3v) is 3.56. The molecule has 0 aliphatic heterocycles. The van der Waals surface area contributed by atoms with E-state index in [0.29, 0.717) is 17.3 Å². The number of anilines is 1. The highest BCUT2D eigenvalue weighted by atomic mass is 79.9. The second-order valence-electron chi connectivity index (χ2n) is 4.06. The molecule has 106 valence electrons. The van der Waals surface area contributed by atoms with Crippen LogP contribution in [0.5, 0.6) is 5.75 Å². The molecule has 6 heteroatoms. The largest absolute Gasteiger partial charge is 0.496 e. The molecule has 2 aromatic rings. The van der Waals surface area contributed by atoms with E-state index in [-0.39, 0.29) is 10.2 Å². The molecule has 0 unspecified atom stereocenters. The average molecular weight is 363 g/mol. The SMILES string of the molecule is COc1ccc(Cl)cc1CNc1cc(Br)c(F)cc1F. The standard InChI is InChI=1S/C14H11BrClF2NO/c1-20-14-3-2-9(16)4-8(14)7-19-13-5-10(15)11(17)6-12(13)18/h2-6,19H,7H2,1H3. The van der Waals surface area contributed by atoms with Crippen LogP contribution in [0.2, 0.25) is 5.02 Å². The maximum atomic E-state index is 13.6. The summed E-state index contributed by atoms with van der Waals surface area (Å²) in [5.41, 5.74) is 0.972. The molecular formula is C14H11BrClF2NO. The lowest BCUT2D eigenvalue weighted by Crippen LogP contribution is -2.04. The first-order chi connectivity index (χ1) is 9.51. The molecule has 0 atom stereocenters. The van der Waals surface area contributed by atoms with Gasteiger partial charge in [0.2, 0.25) is 0 Å². The van der Waals surface area contributed by atoms with Gasteiger partial charge in [-0.15, -0.1) is 0 Å². The van der Waals surface area contributed by atoms with Gasteiger partial charge in [0.05, 0.1) is 17.3 Å². The first kappa shape index (κ1) is 15.1. The van der Waals surface area contributed by atoms with E-state index < -0.39 is 11.6 Å². The van der Waals surface area contributed by atoms with Crippen LogP contribution >= 0.6 is 27.5 Å². The molecule has 1 N–H and O–H groups in total. The van der Waals surface area contributed by atoms with Gasteiger partial charge in [0.25, 0.3) is 0 Å². The summed E-state index contributed by atoms with van der Waals surface area (Å²) in [6.07, 6.45) is 0. The zero-order valence-corrected chi connectivity index (χ0v) is 12.9. The summed E-state index contributed by atoms with van der Waals surface area (Å²) in [4.78, 5) is 0. The molecule has 2 rings (SSSR count). The number of halogens is 4. The molecular weight excluding hydrogens is 352 g/mol. The lowest BCUT2D eigenvalue weighted by atomic mass is 10.2. The molecule has 0 saturated heterocycles. The first-order valence-corrected chi connectivity index (χ1v) is 6.89. The highest BCUT2D eigenvalue weighted by Gasteiger charge is 2.09. The van der Waals surface area contributed by atoms with Crippen LogP contribution in [0.3, 0.4) is 0 Å². The molecule has 0 spiro atoms. The summed E-state index contributed by atoms with van der Waals surface area (Å²) >= 11 is 8.94. The van der Waals surface area contributed by atoms with Crippen LogP contribution in [0, 0.1) is 11.6 Å². The Bertz CT molecular complexity index is 637. The number of hydrogen-bond donors (Lipinski definition) is 1. The van der Waals surface area contributed by atoms with Crippen LogP contribution in [0.4, 0.5) is 14.5 Å². The van der Waals surface area contributed by atoms with Gasteiger partial charge in [-0.05, 0) is 40.2 Å². The van der Waals surface area contributed by atoms with E-state index in [9.17, 15) is 8.78 Å². The Balaban J connectivity index is 2.21. The molecule has 0 fully saturated rings. The van der Waals surface area contributed by atoms with Crippen molar-refractivity contribution in [2.24, 2.45) is 0 Å². The average Bonchev–Trinajstić information content (AvgIpc) is 2.41. The van der Waals surface area contributed by atoms with Crippen LogP contribution in [0.25, 0.3) is 0 Å². The summed E-state index contributed by atoms with van der Waals surface area (Å²) in [6, 6.07) is 7.34. The van der Waals surface area contributed by atoms with Crippen molar-refractivity contribution >= 4 is 33.2 Å². The van der Waals surface area contributed by atoms with E-state index in [1.807, 2.05) is 0 Å². The molecule has 0 bridgehead atoms.